The number of fused-ring (bicyclic) bond motifs is 1. The van der Waals surface area contributed by atoms with Crippen LogP contribution in [0.4, 0.5) is 4.39 Å². The van der Waals surface area contributed by atoms with Crippen LogP contribution in [0.15, 0.2) is 47.8 Å². The molecule has 30 heavy (non-hydrogen) atoms. The van der Waals surface area contributed by atoms with Crippen molar-refractivity contribution in [2.45, 2.75) is 19.3 Å². The van der Waals surface area contributed by atoms with Crippen LogP contribution in [0.25, 0.3) is 10.6 Å². The van der Waals surface area contributed by atoms with Gasteiger partial charge in [0.25, 0.3) is 11.8 Å². The highest BCUT2D eigenvalue weighted by Gasteiger charge is 2.43. The van der Waals surface area contributed by atoms with Crippen molar-refractivity contribution in [1.29, 1.82) is 0 Å². The summed E-state index contributed by atoms with van der Waals surface area (Å²) in [6.07, 6.45) is 0. The van der Waals surface area contributed by atoms with Crippen molar-refractivity contribution in [1.82, 2.24) is 10.0 Å². The van der Waals surface area contributed by atoms with E-state index >= 15 is 0 Å². The SMILES string of the molecule is CC(C)(C(=O)ON1C(=O)c2ccccc2C1=O)c1csc(-c2c(F)cccc2Cl)n1. The van der Waals surface area contributed by atoms with Crippen LogP contribution in [0.5, 0.6) is 0 Å². The molecule has 9 heteroatoms. The van der Waals surface area contributed by atoms with E-state index in [1.807, 2.05) is 0 Å². The zero-order valence-corrected chi connectivity index (χ0v) is 17.4. The van der Waals surface area contributed by atoms with E-state index in [4.69, 9.17) is 16.4 Å². The predicted octanol–water partition coefficient (Wildman–Crippen LogP) is 4.63. The molecule has 0 bridgehead atoms. The highest BCUT2D eigenvalue weighted by atomic mass is 35.5. The Kier molecular flexibility index (Phi) is 4.91. The fourth-order valence-corrected chi connectivity index (χ4v) is 4.28. The Balaban J connectivity index is 1.59. The number of benzene rings is 2. The van der Waals surface area contributed by atoms with E-state index in [9.17, 15) is 18.8 Å². The summed E-state index contributed by atoms with van der Waals surface area (Å²) in [5, 5.41) is 2.54. The lowest BCUT2D eigenvalue weighted by Crippen LogP contribution is -2.40. The van der Waals surface area contributed by atoms with Crippen molar-refractivity contribution in [3.8, 4) is 10.6 Å². The summed E-state index contributed by atoms with van der Waals surface area (Å²) >= 11 is 7.21. The Morgan fingerprint density at radius 3 is 2.33 bits per heavy atom. The number of hydrogen-bond acceptors (Lipinski definition) is 6. The maximum absolute atomic E-state index is 14.2. The smallest absolute Gasteiger partial charge is 0.329 e. The first-order chi connectivity index (χ1) is 14.2. The number of hydrogen-bond donors (Lipinski definition) is 0. The van der Waals surface area contributed by atoms with Gasteiger partial charge in [0.15, 0.2) is 0 Å². The standard InChI is InChI=1S/C21H14ClFN2O4S/c1-21(2,15-10-30-17(24-15)16-13(22)8-5-9-14(16)23)20(28)29-25-18(26)11-6-3-4-7-12(11)19(25)27/h3-10H,1-2H3. The van der Waals surface area contributed by atoms with Gasteiger partial charge in [0.1, 0.15) is 16.2 Å². The molecule has 0 aliphatic carbocycles. The molecule has 0 spiro atoms. The van der Waals surface area contributed by atoms with Crippen molar-refractivity contribution in [2.24, 2.45) is 0 Å². The molecular formula is C21H14ClFN2O4S. The van der Waals surface area contributed by atoms with Crippen LogP contribution in [0.2, 0.25) is 5.02 Å². The fraction of sp³-hybridized carbons (Fsp3) is 0.143. The maximum Gasteiger partial charge on any atom is 0.344 e. The van der Waals surface area contributed by atoms with Gasteiger partial charge in [0.2, 0.25) is 0 Å². The number of nitrogens with zero attached hydrogens (tertiary/aromatic N) is 2. The monoisotopic (exact) mass is 444 g/mol. The molecule has 2 heterocycles. The molecule has 0 atom stereocenters. The van der Waals surface area contributed by atoms with E-state index in [1.54, 1.807) is 23.6 Å². The molecule has 6 nitrogen and oxygen atoms in total. The van der Waals surface area contributed by atoms with Gasteiger partial charge < -0.3 is 4.84 Å². The minimum atomic E-state index is -1.32. The number of rotatable bonds is 4. The summed E-state index contributed by atoms with van der Waals surface area (Å²) in [6.45, 7) is 3.07. The average molecular weight is 445 g/mol. The van der Waals surface area contributed by atoms with Gasteiger partial charge in [-0.15, -0.1) is 11.3 Å². The molecule has 0 saturated heterocycles. The summed E-state index contributed by atoms with van der Waals surface area (Å²) in [7, 11) is 0. The molecule has 0 radical (unpaired) electrons. The van der Waals surface area contributed by atoms with Gasteiger partial charge in [-0.05, 0) is 38.1 Å². The van der Waals surface area contributed by atoms with Crippen LogP contribution < -0.4 is 0 Å². The number of thiazole rings is 1. The molecule has 0 unspecified atom stereocenters. The first-order valence-electron chi connectivity index (χ1n) is 8.82. The van der Waals surface area contributed by atoms with Crippen molar-refractivity contribution < 1.29 is 23.6 Å². The van der Waals surface area contributed by atoms with Crippen LogP contribution in [0.1, 0.15) is 40.3 Å². The van der Waals surface area contributed by atoms with Crippen molar-refractivity contribution in [3.63, 3.8) is 0 Å². The Morgan fingerprint density at radius 2 is 1.73 bits per heavy atom. The lowest BCUT2D eigenvalue weighted by Gasteiger charge is -2.22. The van der Waals surface area contributed by atoms with Crippen molar-refractivity contribution in [3.05, 3.63) is 75.5 Å². The third-order valence-corrected chi connectivity index (χ3v) is 5.94. The lowest BCUT2D eigenvalue weighted by atomic mass is 9.90. The molecule has 4 rings (SSSR count). The van der Waals surface area contributed by atoms with Crippen molar-refractivity contribution >= 4 is 40.7 Å². The van der Waals surface area contributed by atoms with E-state index in [0.29, 0.717) is 15.8 Å². The summed E-state index contributed by atoms with van der Waals surface area (Å²) in [4.78, 5) is 47.2. The van der Waals surface area contributed by atoms with Gasteiger partial charge in [-0.2, -0.15) is 0 Å². The normalized spacial score (nSPS) is 13.5. The number of aromatic nitrogens is 1. The Hall–Kier alpha value is -3.10. The summed E-state index contributed by atoms with van der Waals surface area (Å²) in [5.41, 5.74) is -0.554. The lowest BCUT2D eigenvalue weighted by molar-refractivity contribution is -0.174. The first-order valence-corrected chi connectivity index (χ1v) is 10.1. The highest BCUT2D eigenvalue weighted by molar-refractivity contribution is 7.13. The minimum Gasteiger partial charge on any atom is -0.329 e. The highest BCUT2D eigenvalue weighted by Crippen LogP contribution is 2.36. The second-order valence-electron chi connectivity index (χ2n) is 7.09. The Bertz CT molecular complexity index is 1150. The van der Waals surface area contributed by atoms with Gasteiger partial charge in [0.05, 0.1) is 27.4 Å². The van der Waals surface area contributed by atoms with Gasteiger partial charge in [-0.3, -0.25) is 9.59 Å². The number of amides is 2. The molecule has 1 aliphatic heterocycles. The zero-order valence-electron chi connectivity index (χ0n) is 15.8. The van der Waals surface area contributed by atoms with E-state index in [0.717, 1.165) is 11.3 Å². The Labute approximate surface area is 179 Å². The maximum atomic E-state index is 14.2. The third-order valence-electron chi connectivity index (χ3n) is 4.76. The molecular weight excluding hydrogens is 431 g/mol. The van der Waals surface area contributed by atoms with Gasteiger partial charge >= 0.3 is 5.97 Å². The second kappa shape index (κ2) is 7.30. The average Bonchev–Trinajstić information content (AvgIpc) is 3.29. The van der Waals surface area contributed by atoms with E-state index in [2.05, 4.69) is 4.98 Å². The predicted molar refractivity (Wildman–Crippen MR) is 109 cm³/mol. The number of carbonyl (C=O) groups is 3. The number of imide groups is 1. The second-order valence-corrected chi connectivity index (χ2v) is 8.35. The zero-order chi connectivity index (χ0) is 21.6. The minimum absolute atomic E-state index is 0.139. The van der Waals surface area contributed by atoms with Crippen LogP contribution in [0.3, 0.4) is 0 Å². The molecule has 1 aromatic heterocycles. The molecule has 2 aromatic carbocycles. The number of halogens is 2. The summed E-state index contributed by atoms with van der Waals surface area (Å²) < 4.78 is 14.2. The number of carbonyl (C=O) groups excluding carboxylic acids is 3. The van der Waals surface area contributed by atoms with Gasteiger partial charge in [-0.25, -0.2) is 14.2 Å². The van der Waals surface area contributed by atoms with Gasteiger partial charge in [-0.1, -0.05) is 34.9 Å². The molecule has 0 fully saturated rings. The fourth-order valence-electron chi connectivity index (χ4n) is 2.93. The Morgan fingerprint density at radius 1 is 1.10 bits per heavy atom. The molecule has 3 aromatic rings. The largest absolute Gasteiger partial charge is 0.344 e. The van der Waals surface area contributed by atoms with Crippen LogP contribution in [-0.4, -0.2) is 27.8 Å². The van der Waals surface area contributed by atoms with Crippen molar-refractivity contribution in [2.75, 3.05) is 0 Å². The van der Waals surface area contributed by atoms with Crippen LogP contribution in [0, 0.1) is 5.82 Å². The van der Waals surface area contributed by atoms with E-state index in [-0.39, 0.29) is 21.7 Å². The molecule has 0 N–H and O–H groups in total. The van der Waals surface area contributed by atoms with E-state index in [1.165, 1.54) is 38.1 Å². The number of hydroxylamine groups is 2. The third kappa shape index (κ3) is 3.18. The molecule has 152 valence electrons. The summed E-state index contributed by atoms with van der Waals surface area (Å²) in [5.74, 6) is -2.81. The molecule has 1 aliphatic rings. The quantitative estimate of drug-likeness (QED) is 0.548. The van der Waals surface area contributed by atoms with Crippen LogP contribution >= 0.6 is 22.9 Å². The first kappa shape index (κ1) is 20.2. The topological polar surface area (TPSA) is 76.6 Å². The van der Waals surface area contributed by atoms with Crippen LogP contribution in [-0.2, 0) is 15.0 Å². The summed E-state index contributed by atoms with van der Waals surface area (Å²) in [6, 6.07) is 10.5. The molecule has 0 saturated carbocycles. The van der Waals surface area contributed by atoms with Gasteiger partial charge in [0, 0.05) is 5.38 Å². The molecule has 2 amide bonds. The van der Waals surface area contributed by atoms with E-state index < -0.39 is 29.0 Å².